The number of nitrogens with one attached hydrogen (secondary N) is 1. The van der Waals surface area contributed by atoms with Gasteiger partial charge in [0.25, 0.3) is 0 Å². The number of nitrogens with zero attached hydrogens (tertiary/aromatic N) is 2. The van der Waals surface area contributed by atoms with E-state index in [1.54, 1.807) is 13.2 Å². The molecule has 0 saturated heterocycles. The number of para-hydroxylation sites is 1. The Bertz CT molecular complexity index is 966. The number of aromatic nitrogens is 2. The molecule has 0 fully saturated rings. The lowest BCUT2D eigenvalue weighted by atomic mass is 10.1. The molecule has 3 rings (SSSR count). The smallest absolute Gasteiger partial charge is 0.236 e. The van der Waals surface area contributed by atoms with E-state index in [1.165, 1.54) is 23.1 Å². The van der Waals surface area contributed by atoms with Crippen molar-refractivity contribution in [2.75, 3.05) is 18.2 Å². The SMILES string of the molecule is COc1ccccc1Cc1nnc(NC(=O)CSCc2ccc(Cl)c(Cl)c2)s1. The third-order valence-corrected chi connectivity index (χ3v) is 6.31. The third kappa shape index (κ3) is 5.85. The van der Waals surface area contributed by atoms with Gasteiger partial charge in [0.1, 0.15) is 10.8 Å². The highest BCUT2D eigenvalue weighted by molar-refractivity contribution is 7.99. The van der Waals surface area contributed by atoms with Gasteiger partial charge >= 0.3 is 0 Å². The second-order valence-corrected chi connectivity index (χ2v) is 8.64. The molecule has 3 aromatic rings. The summed E-state index contributed by atoms with van der Waals surface area (Å²) in [4.78, 5) is 12.1. The van der Waals surface area contributed by atoms with Crippen LogP contribution in [0.25, 0.3) is 0 Å². The van der Waals surface area contributed by atoms with Crippen LogP contribution in [0.4, 0.5) is 5.13 Å². The van der Waals surface area contributed by atoms with E-state index in [1.807, 2.05) is 36.4 Å². The molecule has 9 heteroatoms. The van der Waals surface area contributed by atoms with Crippen LogP contribution in [0.15, 0.2) is 42.5 Å². The molecule has 28 heavy (non-hydrogen) atoms. The first-order valence-corrected chi connectivity index (χ1v) is 11.0. The highest BCUT2D eigenvalue weighted by Crippen LogP contribution is 2.26. The molecular formula is C19H17Cl2N3O2S2. The maximum atomic E-state index is 12.1. The van der Waals surface area contributed by atoms with E-state index < -0.39 is 0 Å². The fourth-order valence-corrected chi connectivity index (χ4v) is 4.31. The van der Waals surface area contributed by atoms with E-state index in [9.17, 15) is 4.79 Å². The minimum Gasteiger partial charge on any atom is -0.496 e. The van der Waals surface area contributed by atoms with E-state index in [0.29, 0.717) is 33.1 Å². The quantitative estimate of drug-likeness (QED) is 0.500. The largest absolute Gasteiger partial charge is 0.496 e. The lowest BCUT2D eigenvalue weighted by molar-refractivity contribution is -0.113. The normalized spacial score (nSPS) is 10.7. The number of carbonyl (C=O) groups is 1. The predicted molar refractivity (Wildman–Crippen MR) is 117 cm³/mol. The van der Waals surface area contributed by atoms with Crippen LogP contribution in [0, 0.1) is 0 Å². The van der Waals surface area contributed by atoms with Crippen LogP contribution in [0.5, 0.6) is 5.75 Å². The number of ether oxygens (including phenoxy) is 1. The molecule has 1 heterocycles. The molecule has 1 amide bonds. The first-order chi connectivity index (χ1) is 13.5. The summed E-state index contributed by atoms with van der Waals surface area (Å²) in [7, 11) is 1.64. The molecule has 0 aliphatic carbocycles. The van der Waals surface area contributed by atoms with Gasteiger partial charge in [-0.1, -0.05) is 58.8 Å². The standard InChI is InChI=1S/C19H17Cl2N3O2S2/c1-26-16-5-3-2-4-13(16)9-18-23-24-19(28-18)22-17(25)11-27-10-12-6-7-14(20)15(21)8-12/h2-8H,9-11H2,1H3,(H,22,24,25). The van der Waals surface area contributed by atoms with E-state index in [-0.39, 0.29) is 5.91 Å². The Hall–Kier alpha value is -1.80. The Labute approximate surface area is 181 Å². The van der Waals surface area contributed by atoms with Crippen molar-refractivity contribution in [2.45, 2.75) is 12.2 Å². The summed E-state index contributed by atoms with van der Waals surface area (Å²) in [5.74, 6) is 1.66. The number of carbonyl (C=O) groups excluding carboxylic acids is 1. The zero-order chi connectivity index (χ0) is 19.9. The second-order valence-electron chi connectivity index (χ2n) is 5.78. The van der Waals surface area contributed by atoms with Gasteiger partial charge < -0.3 is 4.74 Å². The van der Waals surface area contributed by atoms with E-state index in [0.717, 1.165) is 21.9 Å². The van der Waals surface area contributed by atoms with Crippen LogP contribution in [0.1, 0.15) is 16.1 Å². The number of amides is 1. The highest BCUT2D eigenvalue weighted by Gasteiger charge is 2.11. The molecule has 0 aliphatic heterocycles. The van der Waals surface area contributed by atoms with E-state index >= 15 is 0 Å². The van der Waals surface area contributed by atoms with Gasteiger partial charge in [-0.15, -0.1) is 22.0 Å². The Kier molecular flexibility index (Phi) is 7.56. The van der Waals surface area contributed by atoms with Crippen LogP contribution in [-0.4, -0.2) is 29.0 Å². The Morgan fingerprint density at radius 3 is 2.79 bits per heavy atom. The minimum atomic E-state index is -0.120. The monoisotopic (exact) mass is 453 g/mol. The molecule has 0 saturated carbocycles. The van der Waals surface area contributed by atoms with Gasteiger partial charge in [0.15, 0.2) is 0 Å². The fourth-order valence-electron chi connectivity index (χ4n) is 2.43. The number of hydrogen-bond acceptors (Lipinski definition) is 6. The second kappa shape index (κ2) is 10.1. The lowest BCUT2D eigenvalue weighted by Crippen LogP contribution is -2.14. The maximum absolute atomic E-state index is 12.1. The molecule has 2 aromatic carbocycles. The average molecular weight is 454 g/mol. The van der Waals surface area contributed by atoms with Crippen LogP contribution in [-0.2, 0) is 17.0 Å². The van der Waals surface area contributed by atoms with Crippen LogP contribution < -0.4 is 10.1 Å². The predicted octanol–water partition coefficient (Wildman–Crippen LogP) is 5.32. The Morgan fingerprint density at radius 1 is 1.18 bits per heavy atom. The fraction of sp³-hybridized carbons (Fsp3) is 0.211. The topological polar surface area (TPSA) is 64.1 Å². The van der Waals surface area contributed by atoms with Crippen molar-refractivity contribution >= 4 is 57.3 Å². The zero-order valence-corrected chi connectivity index (χ0v) is 18.1. The summed E-state index contributed by atoms with van der Waals surface area (Å²) >= 11 is 14.7. The van der Waals surface area contributed by atoms with Gasteiger partial charge in [-0.2, -0.15) is 0 Å². The number of rotatable bonds is 8. The van der Waals surface area contributed by atoms with Gasteiger partial charge in [-0.3, -0.25) is 10.1 Å². The first-order valence-electron chi connectivity index (χ1n) is 8.31. The van der Waals surface area contributed by atoms with Gasteiger partial charge in [0.05, 0.1) is 22.9 Å². The molecule has 0 atom stereocenters. The molecule has 1 aromatic heterocycles. The summed E-state index contributed by atoms with van der Waals surface area (Å²) in [6.45, 7) is 0. The molecular weight excluding hydrogens is 437 g/mol. The molecule has 146 valence electrons. The van der Waals surface area contributed by atoms with Crippen molar-refractivity contribution in [3.05, 3.63) is 68.6 Å². The molecule has 1 N–H and O–H groups in total. The number of benzene rings is 2. The van der Waals surface area contributed by atoms with Crippen molar-refractivity contribution < 1.29 is 9.53 Å². The molecule has 0 radical (unpaired) electrons. The third-order valence-electron chi connectivity index (χ3n) is 3.73. The summed E-state index contributed by atoms with van der Waals surface area (Å²) in [6, 6.07) is 13.2. The minimum absolute atomic E-state index is 0.120. The van der Waals surface area contributed by atoms with Gasteiger partial charge in [-0.25, -0.2) is 0 Å². The van der Waals surface area contributed by atoms with Crippen LogP contribution >= 0.6 is 46.3 Å². The van der Waals surface area contributed by atoms with Gasteiger partial charge in [0, 0.05) is 17.7 Å². The van der Waals surface area contributed by atoms with E-state index in [4.69, 9.17) is 27.9 Å². The van der Waals surface area contributed by atoms with Crippen molar-refractivity contribution in [2.24, 2.45) is 0 Å². The maximum Gasteiger partial charge on any atom is 0.236 e. The van der Waals surface area contributed by atoms with Crippen molar-refractivity contribution in [1.82, 2.24) is 10.2 Å². The van der Waals surface area contributed by atoms with Crippen molar-refractivity contribution in [3.8, 4) is 5.75 Å². The number of thioether (sulfide) groups is 1. The Balaban J connectivity index is 1.49. The average Bonchev–Trinajstić information content (AvgIpc) is 3.11. The molecule has 0 unspecified atom stereocenters. The molecule has 0 bridgehead atoms. The number of methoxy groups -OCH3 is 1. The summed E-state index contributed by atoms with van der Waals surface area (Å²) in [5, 5.41) is 13.3. The number of halogens is 2. The molecule has 0 spiro atoms. The van der Waals surface area contributed by atoms with Gasteiger partial charge in [0.2, 0.25) is 11.0 Å². The van der Waals surface area contributed by atoms with E-state index in [2.05, 4.69) is 15.5 Å². The first kappa shape index (κ1) is 20.9. The lowest BCUT2D eigenvalue weighted by Gasteiger charge is -2.05. The summed E-state index contributed by atoms with van der Waals surface area (Å²) in [5.41, 5.74) is 2.04. The summed E-state index contributed by atoms with van der Waals surface area (Å²) in [6.07, 6.45) is 0.601. The molecule has 0 aliphatic rings. The number of hydrogen-bond donors (Lipinski definition) is 1. The van der Waals surface area contributed by atoms with Crippen LogP contribution in [0.3, 0.4) is 0 Å². The summed E-state index contributed by atoms with van der Waals surface area (Å²) < 4.78 is 5.35. The van der Waals surface area contributed by atoms with Gasteiger partial charge in [-0.05, 0) is 23.8 Å². The zero-order valence-electron chi connectivity index (χ0n) is 14.9. The number of anilines is 1. The van der Waals surface area contributed by atoms with Crippen molar-refractivity contribution in [1.29, 1.82) is 0 Å². The van der Waals surface area contributed by atoms with Crippen LogP contribution in [0.2, 0.25) is 10.0 Å². The van der Waals surface area contributed by atoms with Crippen molar-refractivity contribution in [3.63, 3.8) is 0 Å². The molecule has 5 nitrogen and oxygen atoms in total. The highest BCUT2D eigenvalue weighted by atomic mass is 35.5. The Morgan fingerprint density at radius 2 is 2.00 bits per heavy atom.